The molecule has 2 rings (SSSR count). The lowest BCUT2D eigenvalue weighted by Gasteiger charge is -2.15. The Morgan fingerprint density at radius 2 is 1.68 bits per heavy atom. The van der Waals surface area contributed by atoms with Gasteiger partial charge in [-0.1, -0.05) is 43.3 Å². The van der Waals surface area contributed by atoms with E-state index >= 15 is 0 Å². The Hall–Kier alpha value is -2.38. The number of benzene rings is 2. The highest BCUT2D eigenvalue weighted by molar-refractivity contribution is 7.92. The molecule has 0 saturated carbocycles. The van der Waals surface area contributed by atoms with Crippen molar-refractivity contribution in [1.82, 2.24) is 10.6 Å². The molecule has 1 atom stereocenters. The molecular formula is C18H23N3O3S. The summed E-state index contributed by atoms with van der Waals surface area (Å²) in [6.07, 6.45) is 0. The molecule has 0 saturated heterocycles. The lowest BCUT2D eigenvalue weighted by atomic mass is 10.1. The molecule has 3 N–H and O–H groups in total. The summed E-state index contributed by atoms with van der Waals surface area (Å²) in [6, 6.07) is 15.2. The number of nitrogens with one attached hydrogen (secondary N) is 3. The molecule has 2 aromatic carbocycles. The van der Waals surface area contributed by atoms with Crippen LogP contribution in [-0.2, 0) is 21.4 Å². The third-order valence-corrected chi connectivity index (χ3v) is 5.11. The second-order valence-electron chi connectivity index (χ2n) is 5.75. The van der Waals surface area contributed by atoms with E-state index in [-0.39, 0.29) is 23.3 Å². The molecule has 0 aliphatic carbocycles. The van der Waals surface area contributed by atoms with Gasteiger partial charge in [-0.15, -0.1) is 0 Å². The van der Waals surface area contributed by atoms with Crippen molar-refractivity contribution >= 4 is 21.6 Å². The maximum atomic E-state index is 12.5. The smallest absolute Gasteiger partial charge is 0.261 e. The first-order valence-electron chi connectivity index (χ1n) is 8.02. The van der Waals surface area contributed by atoms with Crippen LogP contribution in [0.4, 0.5) is 5.69 Å². The number of carbonyl (C=O) groups excluding carboxylic acids is 1. The van der Waals surface area contributed by atoms with Crippen molar-refractivity contribution in [2.24, 2.45) is 5.92 Å². The molecule has 0 heterocycles. The first-order valence-corrected chi connectivity index (χ1v) is 9.50. The normalized spacial score (nSPS) is 12.4. The highest BCUT2D eigenvalue weighted by Gasteiger charge is 2.16. The molecule has 0 radical (unpaired) electrons. The van der Waals surface area contributed by atoms with E-state index in [4.69, 9.17) is 0 Å². The first kappa shape index (κ1) is 19.0. The van der Waals surface area contributed by atoms with Crippen LogP contribution in [-0.4, -0.2) is 27.9 Å². The Labute approximate surface area is 148 Å². The molecule has 6 nitrogen and oxygen atoms in total. The molecule has 0 aromatic heterocycles. The van der Waals surface area contributed by atoms with E-state index in [0.29, 0.717) is 17.8 Å². The van der Waals surface area contributed by atoms with Crippen molar-refractivity contribution in [2.45, 2.75) is 18.4 Å². The van der Waals surface area contributed by atoms with Crippen LogP contribution in [0.25, 0.3) is 0 Å². The molecule has 0 fully saturated rings. The average molecular weight is 361 g/mol. The second-order valence-corrected chi connectivity index (χ2v) is 7.43. The monoisotopic (exact) mass is 361 g/mol. The number of rotatable bonds is 8. The standard InChI is InChI=1S/C18H23N3O3S/c1-14(12-19-2)18(22)20-13-15-8-6-7-11-17(15)21-25(23,24)16-9-4-3-5-10-16/h3-11,14,19,21H,12-13H2,1-2H3,(H,20,22). The fourth-order valence-electron chi connectivity index (χ4n) is 2.33. The number of carbonyl (C=O) groups is 1. The number of hydrogen-bond acceptors (Lipinski definition) is 4. The van der Waals surface area contributed by atoms with E-state index in [2.05, 4.69) is 15.4 Å². The third-order valence-electron chi connectivity index (χ3n) is 3.73. The van der Waals surface area contributed by atoms with Gasteiger partial charge in [0, 0.05) is 19.0 Å². The zero-order valence-corrected chi connectivity index (χ0v) is 15.1. The van der Waals surface area contributed by atoms with E-state index in [1.54, 1.807) is 49.5 Å². The minimum Gasteiger partial charge on any atom is -0.352 e. The predicted octanol–water partition coefficient (Wildman–Crippen LogP) is 1.96. The Balaban J connectivity index is 2.12. The molecular weight excluding hydrogens is 338 g/mol. The van der Waals surface area contributed by atoms with Gasteiger partial charge in [-0.05, 0) is 30.8 Å². The van der Waals surface area contributed by atoms with Crippen molar-refractivity contribution in [2.75, 3.05) is 18.3 Å². The number of sulfonamides is 1. The van der Waals surface area contributed by atoms with E-state index < -0.39 is 10.0 Å². The summed E-state index contributed by atoms with van der Waals surface area (Å²) in [7, 11) is -1.88. The van der Waals surface area contributed by atoms with Crippen LogP contribution in [0.2, 0.25) is 0 Å². The summed E-state index contributed by atoms with van der Waals surface area (Å²) in [6.45, 7) is 2.66. The van der Waals surface area contributed by atoms with Crippen LogP contribution in [0.15, 0.2) is 59.5 Å². The number of amides is 1. The Morgan fingerprint density at radius 3 is 2.36 bits per heavy atom. The minimum atomic E-state index is -3.67. The van der Waals surface area contributed by atoms with Gasteiger partial charge in [-0.25, -0.2) is 8.42 Å². The van der Waals surface area contributed by atoms with Crippen LogP contribution >= 0.6 is 0 Å². The second kappa shape index (κ2) is 8.64. The van der Waals surface area contributed by atoms with Crippen LogP contribution in [0.1, 0.15) is 12.5 Å². The summed E-state index contributed by atoms with van der Waals surface area (Å²) in [4.78, 5) is 12.2. The van der Waals surface area contributed by atoms with Crippen LogP contribution < -0.4 is 15.4 Å². The Morgan fingerprint density at radius 1 is 1.04 bits per heavy atom. The zero-order valence-electron chi connectivity index (χ0n) is 14.3. The highest BCUT2D eigenvalue weighted by atomic mass is 32.2. The van der Waals surface area contributed by atoms with Gasteiger partial charge in [0.05, 0.1) is 10.6 Å². The molecule has 1 unspecified atom stereocenters. The van der Waals surface area contributed by atoms with E-state index in [1.807, 2.05) is 6.92 Å². The molecule has 0 aliphatic heterocycles. The largest absolute Gasteiger partial charge is 0.352 e. The SMILES string of the molecule is CNCC(C)C(=O)NCc1ccccc1NS(=O)(=O)c1ccccc1. The third kappa shape index (κ3) is 5.30. The molecule has 2 aromatic rings. The average Bonchev–Trinajstić information content (AvgIpc) is 2.61. The summed E-state index contributed by atoms with van der Waals surface area (Å²) in [5.41, 5.74) is 1.15. The maximum Gasteiger partial charge on any atom is 0.261 e. The molecule has 0 bridgehead atoms. The van der Waals surface area contributed by atoms with Gasteiger partial charge in [-0.3, -0.25) is 9.52 Å². The lowest BCUT2D eigenvalue weighted by Crippen LogP contribution is -2.34. The van der Waals surface area contributed by atoms with Crippen molar-refractivity contribution in [3.05, 3.63) is 60.2 Å². The van der Waals surface area contributed by atoms with Crippen LogP contribution in [0, 0.1) is 5.92 Å². The van der Waals surface area contributed by atoms with Gasteiger partial charge in [-0.2, -0.15) is 0 Å². The van der Waals surface area contributed by atoms with E-state index in [9.17, 15) is 13.2 Å². The van der Waals surface area contributed by atoms with E-state index in [0.717, 1.165) is 0 Å². The van der Waals surface area contributed by atoms with Gasteiger partial charge in [0.1, 0.15) is 0 Å². The minimum absolute atomic E-state index is 0.0879. The highest BCUT2D eigenvalue weighted by Crippen LogP contribution is 2.20. The molecule has 7 heteroatoms. The topological polar surface area (TPSA) is 87.3 Å². The molecule has 1 amide bonds. The predicted molar refractivity (Wildman–Crippen MR) is 98.6 cm³/mol. The van der Waals surface area contributed by atoms with Gasteiger partial charge >= 0.3 is 0 Å². The summed E-state index contributed by atoms with van der Waals surface area (Å²) < 4.78 is 27.5. The zero-order chi connectivity index (χ0) is 18.3. The van der Waals surface area contributed by atoms with Gasteiger partial charge in [0.2, 0.25) is 5.91 Å². The summed E-state index contributed by atoms with van der Waals surface area (Å²) in [5, 5.41) is 5.79. The lowest BCUT2D eigenvalue weighted by molar-refractivity contribution is -0.124. The fraction of sp³-hybridized carbons (Fsp3) is 0.278. The Bertz CT molecular complexity index is 807. The molecule has 0 aliphatic rings. The van der Waals surface area contributed by atoms with Crippen molar-refractivity contribution in [3.63, 3.8) is 0 Å². The van der Waals surface area contributed by atoms with E-state index in [1.165, 1.54) is 12.1 Å². The van der Waals surface area contributed by atoms with Crippen molar-refractivity contribution in [3.8, 4) is 0 Å². The molecule has 25 heavy (non-hydrogen) atoms. The van der Waals surface area contributed by atoms with Gasteiger partial charge in [0.15, 0.2) is 0 Å². The van der Waals surface area contributed by atoms with Crippen molar-refractivity contribution in [1.29, 1.82) is 0 Å². The van der Waals surface area contributed by atoms with Gasteiger partial charge < -0.3 is 10.6 Å². The molecule has 134 valence electrons. The van der Waals surface area contributed by atoms with Crippen LogP contribution in [0.5, 0.6) is 0 Å². The maximum absolute atomic E-state index is 12.5. The molecule has 0 spiro atoms. The number of para-hydroxylation sites is 1. The van der Waals surface area contributed by atoms with Crippen LogP contribution in [0.3, 0.4) is 0 Å². The first-order chi connectivity index (χ1) is 11.9. The quantitative estimate of drug-likeness (QED) is 0.671. The summed E-state index contributed by atoms with van der Waals surface area (Å²) in [5.74, 6) is -0.256. The number of anilines is 1. The summed E-state index contributed by atoms with van der Waals surface area (Å²) >= 11 is 0. The Kier molecular flexibility index (Phi) is 6.55. The van der Waals surface area contributed by atoms with Crippen molar-refractivity contribution < 1.29 is 13.2 Å². The fourth-order valence-corrected chi connectivity index (χ4v) is 3.45. The van der Waals surface area contributed by atoms with Gasteiger partial charge in [0.25, 0.3) is 10.0 Å². The number of hydrogen-bond donors (Lipinski definition) is 3.